The minimum absolute atomic E-state index is 0.0481. The third-order valence-electron chi connectivity index (χ3n) is 4.54. The van der Waals surface area contributed by atoms with Gasteiger partial charge < -0.3 is 10.2 Å². The normalized spacial score (nSPS) is 16.0. The van der Waals surface area contributed by atoms with Gasteiger partial charge in [0.1, 0.15) is 6.54 Å². The molecule has 1 N–H and O–H groups in total. The first-order valence-electron chi connectivity index (χ1n) is 8.62. The number of nitrogens with zero attached hydrogens (tertiary/aromatic N) is 1. The van der Waals surface area contributed by atoms with E-state index in [1.807, 2.05) is 0 Å². The van der Waals surface area contributed by atoms with Crippen molar-refractivity contribution >= 4 is 29.1 Å². The SMILES string of the molecule is CC(=O)N(CC(=O)Nc1ccc(Cl)cc1C(F)(F)F)C1CCCCCC1. The lowest BCUT2D eigenvalue weighted by molar-refractivity contribution is -0.137. The summed E-state index contributed by atoms with van der Waals surface area (Å²) in [5.41, 5.74) is -1.38. The van der Waals surface area contributed by atoms with Crippen LogP contribution in [-0.4, -0.2) is 29.3 Å². The van der Waals surface area contributed by atoms with E-state index in [4.69, 9.17) is 11.6 Å². The molecule has 0 aliphatic heterocycles. The van der Waals surface area contributed by atoms with Gasteiger partial charge in [0.25, 0.3) is 0 Å². The van der Waals surface area contributed by atoms with Gasteiger partial charge in [0.15, 0.2) is 0 Å². The minimum Gasteiger partial charge on any atom is -0.331 e. The van der Waals surface area contributed by atoms with Crippen LogP contribution in [0.25, 0.3) is 0 Å². The largest absolute Gasteiger partial charge is 0.418 e. The van der Waals surface area contributed by atoms with E-state index < -0.39 is 17.6 Å². The van der Waals surface area contributed by atoms with Crippen LogP contribution in [0.1, 0.15) is 51.0 Å². The summed E-state index contributed by atoms with van der Waals surface area (Å²) in [6.45, 7) is 1.11. The Labute approximate surface area is 155 Å². The predicted molar refractivity (Wildman–Crippen MR) is 94.0 cm³/mol. The zero-order valence-corrected chi connectivity index (χ0v) is 15.3. The third-order valence-corrected chi connectivity index (χ3v) is 4.78. The van der Waals surface area contributed by atoms with Gasteiger partial charge in [-0.15, -0.1) is 0 Å². The van der Waals surface area contributed by atoms with Crippen LogP contribution in [0, 0.1) is 0 Å². The average molecular weight is 391 g/mol. The summed E-state index contributed by atoms with van der Waals surface area (Å²) in [6, 6.07) is 3.12. The monoisotopic (exact) mass is 390 g/mol. The van der Waals surface area contributed by atoms with Gasteiger partial charge in [0, 0.05) is 18.0 Å². The quantitative estimate of drug-likeness (QED) is 0.746. The molecule has 1 aliphatic carbocycles. The Morgan fingerprint density at radius 2 is 1.81 bits per heavy atom. The Kier molecular flexibility index (Phi) is 6.92. The zero-order valence-electron chi connectivity index (χ0n) is 14.5. The standard InChI is InChI=1S/C18H22ClF3N2O2/c1-12(25)24(14-6-4-2-3-5-7-14)11-17(26)23-16-9-8-13(19)10-15(16)18(20,21)22/h8-10,14H,2-7,11H2,1H3,(H,23,26). The number of carbonyl (C=O) groups is 2. The second kappa shape index (κ2) is 8.75. The fourth-order valence-corrected chi connectivity index (χ4v) is 3.44. The molecule has 0 heterocycles. The summed E-state index contributed by atoms with van der Waals surface area (Å²) in [5, 5.41) is 2.20. The molecule has 1 aromatic carbocycles. The van der Waals surface area contributed by atoms with Crippen molar-refractivity contribution < 1.29 is 22.8 Å². The zero-order chi connectivity index (χ0) is 19.3. The lowest BCUT2D eigenvalue weighted by Crippen LogP contribution is -2.43. The van der Waals surface area contributed by atoms with Gasteiger partial charge in [-0.25, -0.2) is 0 Å². The Balaban J connectivity index is 2.12. The number of nitrogens with one attached hydrogen (secondary N) is 1. The molecule has 0 unspecified atom stereocenters. The number of carbonyl (C=O) groups excluding carboxylic acids is 2. The third kappa shape index (κ3) is 5.62. The van der Waals surface area contributed by atoms with Crippen LogP contribution in [0.4, 0.5) is 18.9 Å². The number of halogens is 4. The van der Waals surface area contributed by atoms with Crippen molar-refractivity contribution in [2.45, 2.75) is 57.7 Å². The van der Waals surface area contributed by atoms with Gasteiger partial charge in [0.05, 0.1) is 11.3 Å². The fraction of sp³-hybridized carbons (Fsp3) is 0.556. The van der Waals surface area contributed by atoms with Gasteiger partial charge in [-0.1, -0.05) is 37.3 Å². The van der Waals surface area contributed by atoms with E-state index in [-0.39, 0.29) is 29.2 Å². The van der Waals surface area contributed by atoms with E-state index in [2.05, 4.69) is 5.32 Å². The molecule has 144 valence electrons. The maximum atomic E-state index is 13.1. The number of alkyl halides is 3. The molecule has 2 amide bonds. The van der Waals surface area contributed by atoms with E-state index in [9.17, 15) is 22.8 Å². The fourth-order valence-electron chi connectivity index (χ4n) is 3.27. The first-order chi connectivity index (χ1) is 12.2. The molecular weight excluding hydrogens is 369 g/mol. The number of rotatable bonds is 4. The molecule has 0 radical (unpaired) electrons. The molecule has 0 saturated heterocycles. The van der Waals surface area contributed by atoms with E-state index in [1.54, 1.807) is 0 Å². The Hall–Kier alpha value is -1.76. The van der Waals surface area contributed by atoms with E-state index >= 15 is 0 Å². The highest BCUT2D eigenvalue weighted by atomic mass is 35.5. The second-order valence-electron chi connectivity index (χ2n) is 6.53. The average Bonchev–Trinajstić information content (AvgIpc) is 2.82. The molecule has 1 saturated carbocycles. The van der Waals surface area contributed by atoms with Crippen molar-refractivity contribution in [2.24, 2.45) is 0 Å². The Morgan fingerprint density at radius 1 is 1.19 bits per heavy atom. The van der Waals surface area contributed by atoms with Gasteiger partial charge in [-0.2, -0.15) is 13.2 Å². The molecule has 2 rings (SSSR count). The lowest BCUT2D eigenvalue weighted by Gasteiger charge is -2.30. The van der Waals surface area contributed by atoms with Crippen LogP contribution in [-0.2, 0) is 15.8 Å². The van der Waals surface area contributed by atoms with Crippen LogP contribution < -0.4 is 5.32 Å². The van der Waals surface area contributed by atoms with Crippen LogP contribution in [0.2, 0.25) is 5.02 Å². The van der Waals surface area contributed by atoms with Crippen molar-refractivity contribution in [3.63, 3.8) is 0 Å². The minimum atomic E-state index is -4.64. The summed E-state index contributed by atoms with van der Waals surface area (Å²) in [4.78, 5) is 25.7. The molecule has 0 bridgehead atoms. The topological polar surface area (TPSA) is 49.4 Å². The predicted octanol–water partition coefficient (Wildman–Crippen LogP) is 4.87. The molecule has 4 nitrogen and oxygen atoms in total. The molecule has 8 heteroatoms. The first kappa shape index (κ1) is 20.6. The van der Waals surface area contributed by atoms with Crippen LogP contribution in [0.15, 0.2) is 18.2 Å². The van der Waals surface area contributed by atoms with Crippen molar-refractivity contribution in [3.8, 4) is 0 Å². The van der Waals surface area contributed by atoms with Gasteiger partial charge >= 0.3 is 6.18 Å². The van der Waals surface area contributed by atoms with Crippen LogP contribution in [0.5, 0.6) is 0 Å². The van der Waals surface area contributed by atoms with Crippen molar-refractivity contribution in [1.29, 1.82) is 0 Å². The van der Waals surface area contributed by atoms with Crippen LogP contribution >= 0.6 is 11.6 Å². The summed E-state index contributed by atoms with van der Waals surface area (Å²) in [5.74, 6) is -0.906. The van der Waals surface area contributed by atoms with Crippen LogP contribution in [0.3, 0.4) is 0 Å². The molecule has 0 aromatic heterocycles. The lowest BCUT2D eigenvalue weighted by atomic mass is 10.1. The van der Waals surface area contributed by atoms with E-state index in [0.717, 1.165) is 50.7 Å². The molecular formula is C18H22ClF3N2O2. The highest BCUT2D eigenvalue weighted by molar-refractivity contribution is 6.30. The highest BCUT2D eigenvalue weighted by Crippen LogP contribution is 2.36. The van der Waals surface area contributed by atoms with Gasteiger partial charge in [-0.05, 0) is 31.0 Å². The van der Waals surface area contributed by atoms with E-state index in [1.165, 1.54) is 17.9 Å². The first-order valence-corrected chi connectivity index (χ1v) is 9.00. The maximum absolute atomic E-state index is 13.1. The molecule has 1 aromatic rings. The van der Waals surface area contributed by atoms with Crippen molar-refractivity contribution in [2.75, 3.05) is 11.9 Å². The van der Waals surface area contributed by atoms with E-state index in [0.29, 0.717) is 0 Å². The molecule has 0 spiro atoms. The second-order valence-corrected chi connectivity index (χ2v) is 6.96. The highest BCUT2D eigenvalue weighted by Gasteiger charge is 2.34. The van der Waals surface area contributed by atoms with Crippen molar-refractivity contribution in [3.05, 3.63) is 28.8 Å². The molecule has 0 atom stereocenters. The number of benzene rings is 1. The van der Waals surface area contributed by atoms with Gasteiger partial charge in [0.2, 0.25) is 11.8 Å². The Bertz CT molecular complexity index is 656. The molecule has 1 fully saturated rings. The maximum Gasteiger partial charge on any atom is 0.418 e. The number of hydrogen-bond donors (Lipinski definition) is 1. The summed E-state index contributed by atoms with van der Waals surface area (Å²) < 4.78 is 39.4. The summed E-state index contributed by atoms with van der Waals surface area (Å²) in [6.07, 6.45) is 1.11. The number of hydrogen-bond acceptors (Lipinski definition) is 2. The smallest absolute Gasteiger partial charge is 0.331 e. The Morgan fingerprint density at radius 3 is 2.35 bits per heavy atom. The van der Waals surface area contributed by atoms with Crippen molar-refractivity contribution in [1.82, 2.24) is 4.90 Å². The summed E-state index contributed by atoms with van der Waals surface area (Å²) in [7, 11) is 0. The summed E-state index contributed by atoms with van der Waals surface area (Å²) >= 11 is 5.64. The number of amides is 2. The van der Waals surface area contributed by atoms with Gasteiger partial charge in [-0.3, -0.25) is 9.59 Å². The molecule has 1 aliphatic rings. The number of anilines is 1. The molecule has 26 heavy (non-hydrogen) atoms.